The second-order valence-corrected chi connectivity index (χ2v) is 3.75. The number of H-pyrrole nitrogens is 1. The molecule has 2 heterocycles. The van der Waals surface area contributed by atoms with Crippen LogP contribution in [0.15, 0.2) is 59.5 Å². The first-order valence-corrected chi connectivity index (χ1v) is 5.50. The van der Waals surface area contributed by atoms with Gasteiger partial charge in [0.2, 0.25) is 0 Å². The number of aromatic nitrogens is 4. The number of rotatable bonds is 2. The van der Waals surface area contributed by atoms with Gasteiger partial charge in [-0.15, -0.1) is 0 Å². The van der Waals surface area contributed by atoms with Crippen molar-refractivity contribution in [1.82, 2.24) is 20.0 Å². The topological polar surface area (TPSA) is 63.6 Å². The fourth-order valence-electron chi connectivity index (χ4n) is 1.72. The molecule has 1 N–H and O–H groups in total. The van der Waals surface area contributed by atoms with Crippen molar-refractivity contribution in [3.8, 4) is 17.1 Å². The number of aromatic amines is 1. The Morgan fingerprint density at radius 1 is 1.00 bits per heavy atom. The van der Waals surface area contributed by atoms with Gasteiger partial charge in [0.25, 0.3) is 0 Å². The minimum absolute atomic E-state index is 0.208. The number of nitrogens with zero attached hydrogens (tertiary/aromatic N) is 3. The van der Waals surface area contributed by atoms with Crippen LogP contribution in [0, 0.1) is 0 Å². The number of nitrogens with one attached hydrogen (secondary N) is 1. The van der Waals surface area contributed by atoms with E-state index in [0.29, 0.717) is 11.4 Å². The molecular weight excluding hydrogens is 228 g/mol. The van der Waals surface area contributed by atoms with E-state index >= 15 is 0 Å². The molecule has 0 radical (unpaired) electrons. The number of hydrogen-bond acceptors (Lipinski definition) is 3. The Morgan fingerprint density at radius 3 is 2.50 bits per heavy atom. The van der Waals surface area contributed by atoms with E-state index in [1.807, 2.05) is 36.4 Å². The van der Waals surface area contributed by atoms with Crippen molar-refractivity contribution in [2.45, 2.75) is 0 Å². The zero-order valence-corrected chi connectivity index (χ0v) is 9.45. The first-order valence-electron chi connectivity index (χ1n) is 5.50. The highest BCUT2D eigenvalue weighted by Crippen LogP contribution is 2.09. The number of para-hydroxylation sites is 1. The second-order valence-electron chi connectivity index (χ2n) is 3.75. The van der Waals surface area contributed by atoms with Gasteiger partial charge in [-0.2, -0.15) is 5.10 Å². The summed E-state index contributed by atoms with van der Waals surface area (Å²) in [5.74, 6) is 0. The van der Waals surface area contributed by atoms with Crippen molar-refractivity contribution in [3.05, 3.63) is 65.1 Å². The quantitative estimate of drug-likeness (QED) is 0.738. The van der Waals surface area contributed by atoms with Gasteiger partial charge in [0.15, 0.2) is 5.69 Å². The van der Waals surface area contributed by atoms with Gasteiger partial charge in [-0.1, -0.05) is 24.3 Å². The zero-order chi connectivity index (χ0) is 12.4. The van der Waals surface area contributed by atoms with Crippen LogP contribution in [0.5, 0.6) is 0 Å². The van der Waals surface area contributed by atoms with E-state index in [-0.39, 0.29) is 5.56 Å². The lowest BCUT2D eigenvalue weighted by Gasteiger charge is -1.97. The molecule has 0 saturated carbocycles. The third-order valence-corrected chi connectivity index (χ3v) is 2.59. The Kier molecular flexibility index (Phi) is 2.49. The van der Waals surface area contributed by atoms with Crippen LogP contribution in [0.4, 0.5) is 0 Å². The highest BCUT2D eigenvalue weighted by atomic mass is 16.1. The molecular formula is C13H10N4O. The molecule has 0 saturated heterocycles. The van der Waals surface area contributed by atoms with Gasteiger partial charge < -0.3 is 0 Å². The van der Waals surface area contributed by atoms with Crippen LogP contribution < -0.4 is 5.56 Å². The number of hydrogen-bond donors (Lipinski definition) is 1. The van der Waals surface area contributed by atoms with Crippen molar-refractivity contribution in [3.63, 3.8) is 0 Å². The molecule has 0 fully saturated rings. The van der Waals surface area contributed by atoms with Crippen LogP contribution >= 0.6 is 0 Å². The lowest BCUT2D eigenvalue weighted by atomic mass is 10.3. The third kappa shape index (κ3) is 1.71. The second kappa shape index (κ2) is 4.29. The van der Waals surface area contributed by atoms with Crippen LogP contribution in [0.1, 0.15) is 0 Å². The standard InChI is InChI=1S/C13H10N4O/c18-13-12(11-8-4-5-9-14-11)15-16-17(13)10-6-2-1-3-7-10/h1-9,16H. The minimum Gasteiger partial charge on any atom is -0.265 e. The number of pyridine rings is 1. The van der Waals surface area contributed by atoms with E-state index in [1.165, 1.54) is 4.68 Å². The van der Waals surface area contributed by atoms with Gasteiger partial charge in [-0.25, -0.2) is 9.90 Å². The summed E-state index contributed by atoms with van der Waals surface area (Å²) in [7, 11) is 0. The predicted molar refractivity (Wildman–Crippen MR) is 67.4 cm³/mol. The van der Waals surface area contributed by atoms with E-state index in [4.69, 9.17) is 0 Å². The molecule has 2 aromatic heterocycles. The maximum Gasteiger partial charge on any atom is 0.300 e. The Bertz CT molecular complexity index is 641. The fraction of sp³-hybridized carbons (Fsp3) is 0. The molecule has 0 unspecified atom stereocenters. The molecule has 18 heavy (non-hydrogen) atoms. The Balaban J connectivity index is 2.12. The summed E-state index contributed by atoms with van der Waals surface area (Å²) in [5.41, 5.74) is 1.42. The molecule has 0 aliphatic carbocycles. The van der Waals surface area contributed by atoms with Gasteiger partial charge in [0.05, 0.1) is 11.4 Å². The molecule has 0 spiro atoms. The Hall–Kier alpha value is -2.69. The first-order chi connectivity index (χ1) is 8.86. The highest BCUT2D eigenvalue weighted by molar-refractivity contribution is 5.52. The lowest BCUT2D eigenvalue weighted by molar-refractivity contribution is 0.786. The summed E-state index contributed by atoms with van der Waals surface area (Å²) in [6, 6.07) is 14.7. The summed E-state index contributed by atoms with van der Waals surface area (Å²) in [4.78, 5) is 16.3. The van der Waals surface area contributed by atoms with Crippen molar-refractivity contribution in [2.75, 3.05) is 0 Å². The Labute approximate surface area is 103 Å². The molecule has 5 heteroatoms. The van der Waals surface area contributed by atoms with Crippen molar-refractivity contribution in [1.29, 1.82) is 0 Å². The summed E-state index contributed by atoms with van der Waals surface area (Å²) in [6.07, 6.45) is 1.64. The maximum absolute atomic E-state index is 12.2. The van der Waals surface area contributed by atoms with Crippen LogP contribution in [-0.2, 0) is 0 Å². The molecule has 3 rings (SSSR count). The van der Waals surface area contributed by atoms with Gasteiger partial charge in [0.1, 0.15) is 0 Å². The van der Waals surface area contributed by atoms with Crippen LogP contribution in [0.25, 0.3) is 17.1 Å². The van der Waals surface area contributed by atoms with Crippen molar-refractivity contribution >= 4 is 0 Å². The fourth-order valence-corrected chi connectivity index (χ4v) is 1.72. The highest BCUT2D eigenvalue weighted by Gasteiger charge is 2.11. The minimum atomic E-state index is -0.208. The SMILES string of the molecule is O=c1c(-c2ccccn2)n[nH]n1-c1ccccc1. The van der Waals surface area contributed by atoms with E-state index in [0.717, 1.165) is 5.69 Å². The normalized spacial score (nSPS) is 10.4. The van der Waals surface area contributed by atoms with Gasteiger partial charge >= 0.3 is 5.56 Å². The average Bonchev–Trinajstić information content (AvgIpc) is 2.83. The molecule has 0 aliphatic rings. The van der Waals surface area contributed by atoms with E-state index < -0.39 is 0 Å². The van der Waals surface area contributed by atoms with Crippen LogP contribution in [0.3, 0.4) is 0 Å². The molecule has 3 aromatic rings. The lowest BCUT2D eigenvalue weighted by Crippen LogP contribution is -2.15. The van der Waals surface area contributed by atoms with Gasteiger partial charge in [0, 0.05) is 6.20 Å². The summed E-state index contributed by atoms with van der Waals surface area (Å²) >= 11 is 0. The Morgan fingerprint density at radius 2 is 1.78 bits per heavy atom. The summed E-state index contributed by atoms with van der Waals surface area (Å²) in [6.45, 7) is 0. The molecule has 88 valence electrons. The average molecular weight is 238 g/mol. The molecule has 0 atom stereocenters. The monoisotopic (exact) mass is 238 g/mol. The maximum atomic E-state index is 12.2. The molecule has 5 nitrogen and oxygen atoms in total. The molecule has 0 bridgehead atoms. The van der Waals surface area contributed by atoms with Crippen LogP contribution in [0.2, 0.25) is 0 Å². The van der Waals surface area contributed by atoms with Crippen molar-refractivity contribution < 1.29 is 0 Å². The smallest absolute Gasteiger partial charge is 0.265 e. The number of benzene rings is 1. The predicted octanol–water partition coefficient (Wildman–Crippen LogP) is 1.62. The van der Waals surface area contributed by atoms with Crippen LogP contribution in [-0.4, -0.2) is 20.0 Å². The third-order valence-electron chi connectivity index (χ3n) is 2.59. The van der Waals surface area contributed by atoms with Crippen molar-refractivity contribution in [2.24, 2.45) is 0 Å². The molecule has 1 aromatic carbocycles. The van der Waals surface area contributed by atoms with E-state index in [9.17, 15) is 4.79 Å². The summed E-state index contributed by atoms with van der Waals surface area (Å²) < 4.78 is 1.39. The zero-order valence-electron chi connectivity index (χ0n) is 9.45. The molecule has 0 aliphatic heterocycles. The first kappa shape index (κ1) is 10.5. The largest absolute Gasteiger partial charge is 0.300 e. The van der Waals surface area contributed by atoms with Gasteiger partial charge in [-0.3, -0.25) is 9.78 Å². The van der Waals surface area contributed by atoms with E-state index in [2.05, 4.69) is 15.3 Å². The van der Waals surface area contributed by atoms with Gasteiger partial charge in [-0.05, 0) is 24.3 Å². The van der Waals surface area contributed by atoms with E-state index in [1.54, 1.807) is 18.3 Å². The summed E-state index contributed by atoms with van der Waals surface area (Å²) in [5, 5.41) is 6.73. The molecule has 0 amide bonds.